The van der Waals surface area contributed by atoms with Gasteiger partial charge >= 0.3 is 6.09 Å². The fraction of sp³-hybridized carbons (Fsp3) is 0.458. The van der Waals surface area contributed by atoms with Gasteiger partial charge in [0.1, 0.15) is 6.73 Å². The van der Waals surface area contributed by atoms with Crippen LogP contribution in [0.15, 0.2) is 29.0 Å². The van der Waals surface area contributed by atoms with E-state index < -0.39 is 14.2 Å². The summed E-state index contributed by atoms with van der Waals surface area (Å²) >= 11 is 9.81. The summed E-state index contributed by atoms with van der Waals surface area (Å²) in [6, 6.07) is 4.39. The summed E-state index contributed by atoms with van der Waals surface area (Å²) in [6.45, 7) is 8.53. The van der Waals surface area contributed by atoms with Crippen molar-refractivity contribution in [3.8, 4) is 11.3 Å². The molecule has 0 radical (unpaired) electrons. The van der Waals surface area contributed by atoms with Crippen LogP contribution in [0.5, 0.6) is 0 Å². The molecule has 8 nitrogen and oxygen atoms in total. The van der Waals surface area contributed by atoms with Crippen LogP contribution >= 0.6 is 27.5 Å². The minimum Gasteiger partial charge on any atom is -0.465 e. The fourth-order valence-corrected chi connectivity index (χ4v) is 5.51. The van der Waals surface area contributed by atoms with Gasteiger partial charge in [0.15, 0.2) is 5.82 Å². The van der Waals surface area contributed by atoms with Gasteiger partial charge < -0.3 is 24.6 Å². The van der Waals surface area contributed by atoms with Crippen molar-refractivity contribution in [2.75, 3.05) is 25.0 Å². The Balaban J connectivity index is 1.64. The van der Waals surface area contributed by atoms with Crippen LogP contribution in [-0.2, 0) is 11.5 Å². The highest BCUT2D eigenvalue weighted by molar-refractivity contribution is 9.10. The number of hydrogen-bond acceptors (Lipinski definition) is 5. The molecule has 3 aromatic rings. The van der Waals surface area contributed by atoms with Gasteiger partial charge in [0.2, 0.25) is 5.95 Å². The van der Waals surface area contributed by atoms with Gasteiger partial charge in [-0.1, -0.05) is 37.3 Å². The van der Waals surface area contributed by atoms with Gasteiger partial charge in [0.05, 0.1) is 26.9 Å². The fourth-order valence-electron chi connectivity index (χ4n) is 4.24. The number of hydrogen-bond donors (Lipinski definition) is 2. The summed E-state index contributed by atoms with van der Waals surface area (Å²) in [5.74, 6) is -0.0384. The van der Waals surface area contributed by atoms with Crippen molar-refractivity contribution in [2.45, 2.75) is 51.3 Å². The molecule has 0 saturated carbocycles. The first kappa shape index (κ1) is 26.8. The maximum atomic E-state index is 15.2. The molecule has 0 spiro atoms. The number of carboxylic acid groups (broad SMARTS) is 1. The molecule has 2 aromatic heterocycles. The van der Waals surface area contributed by atoms with E-state index in [1.54, 1.807) is 16.8 Å². The Hall–Kier alpha value is -2.21. The minimum atomic E-state index is -1.25. The molecule has 1 aromatic carbocycles. The maximum Gasteiger partial charge on any atom is 0.407 e. The van der Waals surface area contributed by atoms with Gasteiger partial charge in [-0.2, -0.15) is 0 Å². The first-order valence-electron chi connectivity index (χ1n) is 11.9. The van der Waals surface area contributed by atoms with Crippen LogP contribution in [0.4, 0.5) is 15.1 Å². The van der Waals surface area contributed by atoms with Gasteiger partial charge in [0, 0.05) is 51.0 Å². The number of rotatable bonds is 8. The molecule has 3 heterocycles. The van der Waals surface area contributed by atoms with Gasteiger partial charge in [-0.25, -0.2) is 19.2 Å². The number of nitrogens with one attached hydrogen (secondary N) is 1. The number of aromatic nitrogens is 3. The van der Waals surface area contributed by atoms with E-state index in [0.717, 1.165) is 18.9 Å². The molecule has 2 N–H and O–H groups in total. The monoisotopic (exact) mass is 597 g/mol. The first-order chi connectivity index (χ1) is 17.0. The lowest BCUT2D eigenvalue weighted by Crippen LogP contribution is -2.44. The zero-order valence-corrected chi connectivity index (χ0v) is 23.9. The summed E-state index contributed by atoms with van der Waals surface area (Å²) in [5, 5.41) is 13.5. The zero-order valence-electron chi connectivity index (χ0n) is 20.5. The minimum absolute atomic E-state index is 0.113. The van der Waals surface area contributed by atoms with Crippen LogP contribution in [0, 0.1) is 5.82 Å². The number of nitrogens with zero attached hydrogens (tertiary/aromatic N) is 4. The maximum absolute atomic E-state index is 15.2. The second kappa shape index (κ2) is 11.0. The molecule has 36 heavy (non-hydrogen) atoms. The molecule has 1 fully saturated rings. The van der Waals surface area contributed by atoms with Crippen molar-refractivity contribution < 1.29 is 19.0 Å². The predicted octanol–water partition coefficient (Wildman–Crippen LogP) is 6.52. The van der Waals surface area contributed by atoms with E-state index in [4.69, 9.17) is 16.3 Å². The van der Waals surface area contributed by atoms with Crippen molar-refractivity contribution in [3.05, 3.63) is 39.8 Å². The standard InChI is InChI=1S/C24H30BrClFN5O3Si/c1-36(2,3)10-9-35-14-32-13-17(16-6-7-18(25)20(27)22(16)32)21-19(26)11-28-23(30-21)29-15-5-4-8-31(12-15)24(33)34/h6-7,11,13,15H,4-5,8-10,12,14H2,1-3H3,(H,33,34)(H,28,29,30)/t15-/m0/s1. The van der Waals surface area contributed by atoms with E-state index in [1.165, 1.54) is 11.1 Å². The van der Waals surface area contributed by atoms with Crippen LogP contribution < -0.4 is 5.32 Å². The highest BCUT2D eigenvalue weighted by Gasteiger charge is 2.25. The number of anilines is 1. The lowest BCUT2D eigenvalue weighted by Gasteiger charge is -2.31. The van der Waals surface area contributed by atoms with Gasteiger partial charge in [-0.3, -0.25) is 0 Å². The van der Waals surface area contributed by atoms with Gasteiger partial charge in [-0.05, 0) is 40.9 Å². The third-order valence-electron chi connectivity index (χ3n) is 6.18. The average Bonchev–Trinajstić information content (AvgIpc) is 3.19. The highest BCUT2D eigenvalue weighted by Crippen LogP contribution is 2.37. The Labute approximate surface area is 223 Å². The molecular weight excluding hydrogens is 569 g/mol. The quantitative estimate of drug-likeness (QED) is 0.227. The average molecular weight is 599 g/mol. The summed E-state index contributed by atoms with van der Waals surface area (Å²) in [4.78, 5) is 21.7. The third-order valence-corrected chi connectivity index (χ3v) is 8.78. The summed E-state index contributed by atoms with van der Waals surface area (Å²) in [7, 11) is -1.25. The first-order valence-corrected chi connectivity index (χ1v) is 16.7. The second-order valence-corrected chi connectivity index (χ2v) is 17.1. The van der Waals surface area contributed by atoms with E-state index in [0.29, 0.717) is 57.3 Å². The zero-order chi connectivity index (χ0) is 26.0. The molecule has 1 aliphatic rings. The molecule has 0 aliphatic carbocycles. The molecule has 1 atom stereocenters. The summed E-state index contributed by atoms with van der Waals surface area (Å²) < 4.78 is 23.2. The van der Waals surface area contributed by atoms with Crippen LogP contribution in [0.1, 0.15) is 12.8 Å². The molecule has 12 heteroatoms. The van der Waals surface area contributed by atoms with Crippen molar-refractivity contribution in [3.63, 3.8) is 0 Å². The van der Waals surface area contributed by atoms with Crippen LogP contribution in [0.25, 0.3) is 22.2 Å². The molecule has 0 unspecified atom stereocenters. The number of ether oxygens (including phenoxy) is 1. The van der Waals surface area contributed by atoms with Crippen LogP contribution in [0.3, 0.4) is 0 Å². The molecular formula is C24H30BrClFN5O3Si. The second-order valence-electron chi connectivity index (χ2n) is 10.2. The Kier molecular flexibility index (Phi) is 8.23. The van der Waals surface area contributed by atoms with Gasteiger partial charge in [-0.15, -0.1) is 0 Å². The topological polar surface area (TPSA) is 92.5 Å². The molecule has 1 aliphatic heterocycles. The number of amides is 1. The highest BCUT2D eigenvalue weighted by atomic mass is 79.9. The van der Waals surface area contributed by atoms with Crippen molar-refractivity contribution in [2.24, 2.45) is 0 Å². The molecule has 4 rings (SSSR count). The summed E-state index contributed by atoms with van der Waals surface area (Å²) in [6.07, 6.45) is 3.93. The largest absolute Gasteiger partial charge is 0.465 e. The van der Waals surface area contributed by atoms with Crippen molar-refractivity contribution in [1.82, 2.24) is 19.4 Å². The number of likely N-dealkylation sites (tertiary alicyclic amines) is 1. The normalized spacial score (nSPS) is 16.5. The molecule has 0 bridgehead atoms. The van der Waals surface area contributed by atoms with Crippen LogP contribution in [-0.4, -0.2) is 64.4 Å². The number of carbonyl (C=O) groups is 1. The number of benzene rings is 1. The number of fused-ring (bicyclic) bond motifs is 1. The third kappa shape index (κ3) is 6.19. The van der Waals surface area contributed by atoms with E-state index in [1.807, 2.05) is 6.07 Å². The Bertz CT molecular complexity index is 1270. The predicted molar refractivity (Wildman–Crippen MR) is 146 cm³/mol. The summed E-state index contributed by atoms with van der Waals surface area (Å²) in [5.41, 5.74) is 1.53. The van der Waals surface area contributed by atoms with Crippen molar-refractivity contribution in [1.29, 1.82) is 0 Å². The Morgan fingerprint density at radius 1 is 1.39 bits per heavy atom. The van der Waals surface area contributed by atoms with E-state index >= 15 is 4.39 Å². The van der Waals surface area contributed by atoms with Gasteiger partial charge in [0.25, 0.3) is 0 Å². The molecule has 194 valence electrons. The Morgan fingerprint density at radius 2 is 2.17 bits per heavy atom. The lowest BCUT2D eigenvalue weighted by atomic mass is 10.1. The molecule has 1 saturated heterocycles. The SMILES string of the molecule is C[Si](C)(C)CCOCn1cc(-c2nc(N[C@H]3CCCN(C(=O)O)C3)ncc2Cl)c2ccc(Br)c(F)c21. The van der Waals surface area contributed by atoms with Crippen LogP contribution in [0.2, 0.25) is 30.7 Å². The molecule has 1 amide bonds. The van der Waals surface area contributed by atoms with Crippen molar-refractivity contribution >= 4 is 58.5 Å². The lowest BCUT2D eigenvalue weighted by molar-refractivity contribution is 0.0899. The van der Waals surface area contributed by atoms with E-state index in [2.05, 4.69) is 50.9 Å². The van der Waals surface area contributed by atoms with E-state index in [9.17, 15) is 9.90 Å². The Morgan fingerprint density at radius 3 is 2.89 bits per heavy atom. The van der Waals surface area contributed by atoms with E-state index in [-0.39, 0.29) is 18.6 Å². The number of halogens is 3. The number of piperidine rings is 1. The smallest absolute Gasteiger partial charge is 0.407 e.